The average molecular weight is 326 g/mol. The van der Waals surface area contributed by atoms with E-state index in [1.54, 1.807) is 30.1 Å². The number of amides is 2. The smallest absolute Gasteiger partial charge is 0.228 e. The minimum absolute atomic E-state index is 0.0171. The van der Waals surface area contributed by atoms with Crippen LogP contribution in [-0.4, -0.2) is 52.0 Å². The number of benzene rings is 1. The summed E-state index contributed by atoms with van der Waals surface area (Å²) in [4.78, 5) is 27.3. The van der Waals surface area contributed by atoms with Gasteiger partial charge in [0.1, 0.15) is 0 Å². The van der Waals surface area contributed by atoms with E-state index < -0.39 is 0 Å². The summed E-state index contributed by atoms with van der Waals surface area (Å²) in [5, 5.41) is 4.36. The molecule has 126 valence electrons. The van der Waals surface area contributed by atoms with Crippen molar-refractivity contribution in [2.75, 3.05) is 20.6 Å². The Morgan fingerprint density at radius 3 is 2.71 bits per heavy atom. The monoisotopic (exact) mass is 326 g/mol. The molecule has 2 heterocycles. The van der Waals surface area contributed by atoms with Crippen LogP contribution in [-0.2, 0) is 22.7 Å². The zero-order valence-corrected chi connectivity index (χ0v) is 14.1. The molecule has 0 N–H and O–H groups in total. The van der Waals surface area contributed by atoms with Gasteiger partial charge < -0.3 is 9.80 Å². The lowest BCUT2D eigenvalue weighted by Gasteiger charge is -2.20. The van der Waals surface area contributed by atoms with Crippen LogP contribution >= 0.6 is 0 Å². The van der Waals surface area contributed by atoms with E-state index in [-0.39, 0.29) is 17.7 Å². The molecule has 6 heteroatoms. The molecule has 1 unspecified atom stereocenters. The summed E-state index contributed by atoms with van der Waals surface area (Å²) < 4.78 is 1.87. The molecule has 2 amide bonds. The summed E-state index contributed by atoms with van der Waals surface area (Å²) in [6.45, 7) is 1.72. The van der Waals surface area contributed by atoms with Gasteiger partial charge in [-0.25, -0.2) is 0 Å². The maximum Gasteiger partial charge on any atom is 0.228 e. The SMILES string of the molecule is CN1CC(C(=O)N(C)Cc2cnn(Cc3ccccc3)c2)CC1=O. The Balaban J connectivity index is 1.58. The van der Waals surface area contributed by atoms with Gasteiger partial charge in [0.2, 0.25) is 11.8 Å². The third kappa shape index (κ3) is 3.64. The summed E-state index contributed by atoms with van der Waals surface area (Å²) in [5.41, 5.74) is 2.17. The second kappa shape index (κ2) is 6.86. The Morgan fingerprint density at radius 2 is 2.04 bits per heavy atom. The first-order chi connectivity index (χ1) is 11.5. The van der Waals surface area contributed by atoms with E-state index in [0.717, 1.165) is 5.56 Å². The van der Waals surface area contributed by atoms with Crippen LogP contribution in [0.3, 0.4) is 0 Å². The summed E-state index contributed by atoms with van der Waals surface area (Å²) in [5.74, 6) is -0.173. The fourth-order valence-electron chi connectivity index (χ4n) is 3.04. The van der Waals surface area contributed by atoms with E-state index in [9.17, 15) is 9.59 Å². The van der Waals surface area contributed by atoms with Crippen molar-refractivity contribution >= 4 is 11.8 Å². The number of carbonyl (C=O) groups excluding carboxylic acids is 2. The summed E-state index contributed by atoms with van der Waals surface area (Å²) >= 11 is 0. The molecule has 1 aliphatic heterocycles. The van der Waals surface area contributed by atoms with Gasteiger partial charge in [-0.15, -0.1) is 0 Å². The first kappa shape index (κ1) is 16.2. The van der Waals surface area contributed by atoms with E-state index in [1.807, 2.05) is 29.1 Å². The molecule has 1 saturated heterocycles. The minimum atomic E-state index is -0.230. The predicted molar refractivity (Wildman–Crippen MR) is 90.0 cm³/mol. The molecule has 2 aromatic rings. The van der Waals surface area contributed by atoms with Gasteiger partial charge in [-0.1, -0.05) is 30.3 Å². The fourth-order valence-corrected chi connectivity index (χ4v) is 3.04. The molecule has 0 spiro atoms. The van der Waals surface area contributed by atoms with E-state index in [1.165, 1.54) is 5.56 Å². The maximum absolute atomic E-state index is 12.5. The highest BCUT2D eigenvalue weighted by molar-refractivity contribution is 5.89. The summed E-state index contributed by atoms with van der Waals surface area (Å²) in [6, 6.07) is 10.1. The molecule has 0 saturated carbocycles. The number of hydrogen-bond acceptors (Lipinski definition) is 3. The molecule has 0 bridgehead atoms. The van der Waals surface area contributed by atoms with Crippen molar-refractivity contribution in [2.24, 2.45) is 5.92 Å². The second-order valence-corrected chi connectivity index (χ2v) is 6.40. The zero-order chi connectivity index (χ0) is 17.1. The van der Waals surface area contributed by atoms with Crippen LogP contribution in [0.5, 0.6) is 0 Å². The Kier molecular flexibility index (Phi) is 4.64. The Bertz CT molecular complexity index is 726. The number of rotatable bonds is 5. The van der Waals surface area contributed by atoms with Crippen LogP contribution in [0.2, 0.25) is 0 Å². The first-order valence-corrected chi connectivity index (χ1v) is 8.07. The van der Waals surface area contributed by atoms with Gasteiger partial charge in [-0.3, -0.25) is 14.3 Å². The number of carbonyl (C=O) groups is 2. The van der Waals surface area contributed by atoms with E-state index in [2.05, 4.69) is 17.2 Å². The molecular weight excluding hydrogens is 304 g/mol. The minimum Gasteiger partial charge on any atom is -0.345 e. The van der Waals surface area contributed by atoms with Gasteiger partial charge in [0, 0.05) is 45.4 Å². The highest BCUT2D eigenvalue weighted by Gasteiger charge is 2.33. The van der Waals surface area contributed by atoms with E-state index in [4.69, 9.17) is 0 Å². The van der Waals surface area contributed by atoms with Crippen molar-refractivity contribution in [3.05, 3.63) is 53.9 Å². The second-order valence-electron chi connectivity index (χ2n) is 6.40. The lowest BCUT2D eigenvalue weighted by molar-refractivity contribution is -0.135. The number of likely N-dealkylation sites (tertiary alicyclic amines) is 1. The molecule has 0 aliphatic carbocycles. The standard InChI is InChI=1S/C18H22N4O2/c1-20-13-16(8-17(20)23)18(24)21(2)10-15-9-19-22(12-15)11-14-6-4-3-5-7-14/h3-7,9,12,16H,8,10-11,13H2,1-2H3. The van der Waals surface area contributed by atoms with E-state index in [0.29, 0.717) is 26.1 Å². The summed E-state index contributed by atoms with van der Waals surface area (Å²) in [7, 11) is 3.52. The highest BCUT2D eigenvalue weighted by Crippen LogP contribution is 2.19. The van der Waals surface area contributed by atoms with Crippen molar-refractivity contribution in [1.82, 2.24) is 19.6 Å². The van der Waals surface area contributed by atoms with Crippen molar-refractivity contribution in [3.8, 4) is 0 Å². The molecule has 1 aromatic carbocycles. The van der Waals surface area contributed by atoms with Crippen molar-refractivity contribution < 1.29 is 9.59 Å². The van der Waals surface area contributed by atoms with Gasteiger partial charge in [0.05, 0.1) is 18.7 Å². The highest BCUT2D eigenvalue weighted by atomic mass is 16.2. The van der Waals surface area contributed by atoms with Crippen LogP contribution in [0.1, 0.15) is 17.5 Å². The van der Waals surface area contributed by atoms with E-state index >= 15 is 0 Å². The summed E-state index contributed by atoms with van der Waals surface area (Å²) in [6.07, 6.45) is 4.06. The van der Waals surface area contributed by atoms with Gasteiger partial charge >= 0.3 is 0 Å². The molecule has 3 rings (SSSR count). The molecular formula is C18H22N4O2. The van der Waals surface area contributed by atoms with Crippen LogP contribution < -0.4 is 0 Å². The van der Waals surface area contributed by atoms with Crippen molar-refractivity contribution in [1.29, 1.82) is 0 Å². The van der Waals surface area contributed by atoms with Crippen molar-refractivity contribution in [2.45, 2.75) is 19.5 Å². The Hall–Kier alpha value is -2.63. The molecule has 1 fully saturated rings. The largest absolute Gasteiger partial charge is 0.345 e. The third-order valence-corrected chi connectivity index (χ3v) is 4.36. The molecule has 1 atom stereocenters. The van der Waals surface area contributed by atoms with Crippen molar-refractivity contribution in [3.63, 3.8) is 0 Å². The van der Waals surface area contributed by atoms with Crippen LogP contribution in [0.4, 0.5) is 0 Å². The number of hydrogen-bond donors (Lipinski definition) is 0. The lowest BCUT2D eigenvalue weighted by Crippen LogP contribution is -2.33. The number of nitrogens with zero attached hydrogens (tertiary/aromatic N) is 4. The fraction of sp³-hybridized carbons (Fsp3) is 0.389. The number of aromatic nitrogens is 2. The molecule has 24 heavy (non-hydrogen) atoms. The quantitative estimate of drug-likeness (QED) is 0.834. The maximum atomic E-state index is 12.5. The van der Waals surface area contributed by atoms with Crippen LogP contribution in [0, 0.1) is 5.92 Å². The van der Waals surface area contributed by atoms with Gasteiger partial charge in [-0.05, 0) is 5.56 Å². The van der Waals surface area contributed by atoms with Crippen LogP contribution in [0.15, 0.2) is 42.7 Å². The predicted octanol–water partition coefficient (Wildman–Crippen LogP) is 1.37. The Labute approximate surface area is 141 Å². The average Bonchev–Trinajstić information content (AvgIpc) is 3.14. The van der Waals surface area contributed by atoms with Gasteiger partial charge in [0.15, 0.2) is 0 Å². The molecule has 6 nitrogen and oxygen atoms in total. The topological polar surface area (TPSA) is 58.4 Å². The normalized spacial score (nSPS) is 17.3. The molecule has 1 aliphatic rings. The lowest BCUT2D eigenvalue weighted by atomic mass is 10.1. The van der Waals surface area contributed by atoms with Gasteiger partial charge in [0.25, 0.3) is 0 Å². The molecule has 0 radical (unpaired) electrons. The first-order valence-electron chi connectivity index (χ1n) is 8.07. The van der Waals surface area contributed by atoms with Gasteiger partial charge in [-0.2, -0.15) is 5.10 Å². The zero-order valence-electron chi connectivity index (χ0n) is 14.1. The Morgan fingerprint density at radius 1 is 1.29 bits per heavy atom. The van der Waals surface area contributed by atoms with Crippen LogP contribution in [0.25, 0.3) is 0 Å². The third-order valence-electron chi connectivity index (χ3n) is 4.36. The molecule has 1 aromatic heterocycles.